The lowest BCUT2D eigenvalue weighted by Gasteiger charge is -2.44. The topological polar surface area (TPSA) is 89.5 Å². The molecular formula is C33H58O8. The lowest BCUT2D eigenvalue weighted by Crippen LogP contribution is -2.52. The number of ether oxygens (including phenoxy) is 6. The van der Waals surface area contributed by atoms with E-state index in [1.54, 1.807) is 13.8 Å². The van der Waals surface area contributed by atoms with Gasteiger partial charge in [-0.2, -0.15) is 0 Å². The first-order valence-electron chi connectivity index (χ1n) is 15.6. The summed E-state index contributed by atoms with van der Waals surface area (Å²) in [5.41, 5.74) is 0.0654. The van der Waals surface area contributed by atoms with Gasteiger partial charge in [-0.25, -0.2) is 9.59 Å². The van der Waals surface area contributed by atoms with Crippen LogP contribution < -0.4 is 0 Å². The van der Waals surface area contributed by atoms with E-state index in [1.807, 2.05) is 34.6 Å². The summed E-state index contributed by atoms with van der Waals surface area (Å²) in [7, 11) is 0. The molecule has 0 aromatic heterocycles. The third-order valence-corrected chi connectivity index (χ3v) is 7.37. The van der Waals surface area contributed by atoms with Crippen LogP contribution in [0.25, 0.3) is 0 Å². The van der Waals surface area contributed by atoms with E-state index >= 15 is 0 Å². The van der Waals surface area contributed by atoms with Crippen LogP contribution in [0.15, 0.2) is 24.3 Å². The zero-order valence-electron chi connectivity index (χ0n) is 27.1. The minimum atomic E-state index is -0.707. The lowest BCUT2D eigenvalue weighted by molar-refractivity contribution is -0.199. The number of hydrogen-bond acceptors (Lipinski definition) is 8. The molecule has 0 aromatic carbocycles. The second-order valence-electron chi connectivity index (χ2n) is 11.9. The fourth-order valence-electron chi connectivity index (χ4n) is 5.18. The highest BCUT2D eigenvalue weighted by Crippen LogP contribution is 2.37. The molecule has 0 spiro atoms. The van der Waals surface area contributed by atoms with Crippen molar-refractivity contribution in [2.75, 3.05) is 19.8 Å². The molecule has 1 aliphatic rings. The number of carbonyl (C=O) groups is 2. The molecule has 0 aliphatic heterocycles. The van der Waals surface area contributed by atoms with Crippen molar-refractivity contribution in [3.05, 3.63) is 24.3 Å². The smallest absolute Gasteiger partial charge is 0.333 e. The van der Waals surface area contributed by atoms with E-state index < -0.39 is 11.6 Å². The minimum absolute atomic E-state index is 0.0219. The van der Waals surface area contributed by atoms with Crippen LogP contribution in [0.5, 0.6) is 0 Å². The molecule has 0 N–H and O–H groups in total. The molecule has 6 unspecified atom stereocenters. The van der Waals surface area contributed by atoms with Gasteiger partial charge in [0.2, 0.25) is 0 Å². The van der Waals surface area contributed by atoms with Crippen LogP contribution in [0.2, 0.25) is 0 Å². The van der Waals surface area contributed by atoms with Crippen LogP contribution in [0.3, 0.4) is 0 Å². The standard InChI is InChI=1S/C33H58O8/c1-11-36-27(20-29(37-12-2)22-38-31(34)23(3)4)17-15-13-14-16-26(9)40-30-21-28(39-25(7)8)18-19-33(30,10)41-32(35)24(5)6/h25-30H,3,5,11-22H2,1-2,4,6-10H3. The summed E-state index contributed by atoms with van der Waals surface area (Å²) in [6, 6.07) is 0. The molecule has 8 heteroatoms. The second kappa shape index (κ2) is 19.4. The summed E-state index contributed by atoms with van der Waals surface area (Å²) in [5, 5.41) is 0. The van der Waals surface area contributed by atoms with E-state index in [1.165, 1.54) is 0 Å². The molecular weight excluding hydrogens is 524 g/mol. The number of hydrogen-bond donors (Lipinski definition) is 0. The highest BCUT2D eigenvalue weighted by molar-refractivity contribution is 5.87. The highest BCUT2D eigenvalue weighted by Gasteiger charge is 2.45. The van der Waals surface area contributed by atoms with Crippen LogP contribution in [0, 0.1) is 0 Å². The molecule has 0 amide bonds. The van der Waals surface area contributed by atoms with Crippen LogP contribution in [-0.2, 0) is 38.0 Å². The van der Waals surface area contributed by atoms with Crippen LogP contribution in [0.1, 0.15) is 113 Å². The molecule has 238 valence electrons. The molecule has 1 saturated carbocycles. The van der Waals surface area contributed by atoms with Gasteiger partial charge in [0.25, 0.3) is 0 Å². The monoisotopic (exact) mass is 582 g/mol. The average molecular weight is 583 g/mol. The predicted octanol–water partition coefficient (Wildman–Crippen LogP) is 6.89. The summed E-state index contributed by atoms with van der Waals surface area (Å²) in [5.74, 6) is -0.772. The van der Waals surface area contributed by atoms with Gasteiger partial charge >= 0.3 is 11.9 Å². The molecule has 1 rings (SSSR count). The van der Waals surface area contributed by atoms with Gasteiger partial charge in [-0.1, -0.05) is 32.4 Å². The van der Waals surface area contributed by atoms with E-state index in [9.17, 15) is 9.59 Å². The molecule has 8 nitrogen and oxygen atoms in total. The Balaban J connectivity index is 2.59. The Labute approximate surface area is 249 Å². The Morgan fingerprint density at radius 3 is 2.07 bits per heavy atom. The predicted molar refractivity (Wildman–Crippen MR) is 162 cm³/mol. The number of unbranched alkanes of at least 4 members (excludes halogenated alkanes) is 2. The Bertz CT molecular complexity index is 809. The van der Waals surface area contributed by atoms with E-state index in [0.29, 0.717) is 43.6 Å². The summed E-state index contributed by atoms with van der Waals surface area (Å²) < 4.78 is 35.7. The van der Waals surface area contributed by atoms with E-state index in [-0.39, 0.29) is 49.2 Å². The Hall–Kier alpha value is -1.74. The molecule has 6 atom stereocenters. The highest BCUT2D eigenvalue weighted by atomic mass is 16.6. The van der Waals surface area contributed by atoms with Crippen molar-refractivity contribution < 1.29 is 38.0 Å². The van der Waals surface area contributed by atoms with Gasteiger partial charge in [0, 0.05) is 37.2 Å². The average Bonchev–Trinajstić information content (AvgIpc) is 2.88. The number of esters is 2. The molecule has 0 heterocycles. The van der Waals surface area contributed by atoms with Gasteiger partial charge in [0.1, 0.15) is 12.2 Å². The van der Waals surface area contributed by atoms with Crippen molar-refractivity contribution in [1.29, 1.82) is 0 Å². The Morgan fingerprint density at radius 2 is 1.49 bits per heavy atom. The largest absolute Gasteiger partial charge is 0.460 e. The molecule has 1 aliphatic carbocycles. The SMILES string of the molecule is C=C(C)C(=O)OCC(CC(CCCCCC(C)OC1CC(OC(C)C)CCC1(C)OC(=O)C(=C)C)OCC)OCC. The molecule has 1 fully saturated rings. The summed E-state index contributed by atoms with van der Waals surface area (Å²) >= 11 is 0. The van der Waals surface area contributed by atoms with Gasteiger partial charge in [-0.05, 0) is 81.1 Å². The van der Waals surface area contributed by atoms with Gasteiger partial charge in [0.15, 0.2) is 0 Å². The van der Waals surface area contributed by atoms with Gasteiger partial charge < -0.3 is 28.4 Å². The van der Waals surface area contributed by atoms with Crippen LogP contribution >= 0.6 is 0 Å². The van der Waals surface area contributed by atoms with Gasteiger partial charge in [-0.15, -0.1) is 0 Å². The zero-order chi connectivity index (χ0) is 31.0. The van der Waals surface area contributed by atoms with Crippen molar-refractivity contribution in [1.82, 2.24) is 0 Å². The van der Waals surface area contributed by atoms with Crippen molar-refractivity contribution in [3.8, 4) is 0 Å². The Morgan fingerprint density at radius 1 is 0.878 bits per heavy atom. The summed E-state index contributed by atoms with van der Waals surface area (Å²) in [6.45, 7) is 24.1. The molecule has 0 saturated heterocycles. The lowest BCUT2D eigenvalue weighted by atomic mass is 9.81. The fraction of sp³-hybridized carbons (Fsp3) is 0.818. The molecule has 0 bridgehead atoms. The number of rotatable bonds is 21. The Kier molecular flexibility index (Phi) is 17.7. The third-order valence-electron chi connectivity index (χ3n) is 7.37. The van der Waals surface area contributed by atoms with E-state index in [0.717, 1.165) is 38.5 Å². The van der Waals surface area contributed by atoms with Crippen molar-refractivity contribution >= 4 is 11.9 Å². The van der Waals surface area contributed by atoms with Crippen LogP contribution in [-0.4, -0.2) is 74.0 Å². The number of carbonyl (C=O) groups excluding carboxylic acids is 2. The quantitative estimate of drug-likeness (QED) is 0.0822. The van der Waals surface area contributed by atoms with Crippen molar-refractivity contribution in [3.63, 3.8) is 0 Å². The van der Waals surface area contributed by atoms with Crippen molar-refractivity contribution in [2.24, 2.45) is 0 Å². The first-order chi connectivity index (χ1) is 19.3. The normalized spacial score (nSPS) is 23.0. The first-order valence-corrected chi connectivity index (χ1v) is 15.6. The summed E-state index contributed by atoms with van der Waals surface area (Å²) in [4.78, 5) is 24.2. The first kappa shape index (κ1) is 37.3. The van der Waals surface area contributed by atoms with Gasteiger partial charge in [0.05, 0.1) is 36.6 Å². The zero-order valence-corrected chi connectivity index (χ0v) is 27.1. The molecule has 0 radical (unpaired) electrons. The maximum atomic E-state index is 12.4. The second-order valence-corrected chi connectivity index (χ2v) is 11.9. The van der Waals surface area contributed by atoms with Crippen LogP contribution in [0.4, 0.5) is 0 Å². The summed E-state index contributed by atoms with van der Waals surface area (Å²) in [6.07, 6.45) is 7.63. The van der Waals surface area contributed by atoms with E-state index in [4.69, 9.17) is 28.4 Å². The fourth-order valence-corrected chi connectivity index (χ4v) is 5.18. The maximum absolute atomic E-state index is 12.4. The minimum Gasteiger partial charge on any atom is -0.460 e. The maximum Gasteiger partial charge on any atom is 0.333 e. The van der Waals surface area contributed by atoms with Crippen molar-refractivity contribution in [2.45, 2.75) is 155 Å². The third kappa shape index (κ3) is 14.8. The molecule has 41 heavy (non-hydrogen) atoms. The molecule has 0 aromatic rings. The van der Waals surface area contributed by atoms with E-state index in [2.05, 4.69) is 20.1 Å². The van der Waals surface area contributed by atoms with Gasteiger partial charge in [-0.3, -0.25) is 0 Å².